The molecule has 2 aromatic heterocycles. The van der Waals surface area contributed by atoms with E-state index in [0.717, 1.165) is 22.3 Å². The standard InChI is InChI=1S/C21H19N5O3/c1-12-15-10-13(28-2)8-9-16(15)23-20(22-12)26-21-24-17(11-19(27)25-21)14-6-4-5-7-18(14)29-3/h4-11H,1-3H3,(H2,22,23,24,25,26,27). The number of hydrogen-bond donors (Lipinski definition) is 2. The molecule has 2 N–H and O–H groups in total. The number of H-pyrrole nitrogens is 1. The smallest absolute Gasteiger partial charge is 0.252 e. The largest absolute Gasteiger partial charge is 0.497 e. The molecule has 0 saturated heterocycles. The number of methoxy groups -OCH3 is 2. The SMILES string of the molecule is COc1ccc2nc(Nc3nc(-c4ccccc4OC)cc(=O)[nH]3)nc(C)c2c1. The van der Waals surface area contributed by atoms with Crippen molar-refractivity contribution in [3.05, 3.63) is 64.6 Å². The summed E-state index contributed by atoms with van der Waals surface area (Å²) in [6.07, 6.45) is 0. The highest BCUT2D eigenvalue weighted by atomic mass is 16.5. The third-order valence-electron chi connectivity index (χ3n) is 4.45. The summed E-state index contributed by atoms with van der Waals surface area (Å²) in [5.74, 6) is 1.94. The van der Waals surface area contributed by atoms with Gasteiger partial charge in [-0.05, 0) is 37.3 Å². The fourth-order valence-corrected chi connectivity index (χ4v) is 3.06. The van der Waals surface area contributed by atoms with Gasteiger partial charge in [-0.25, -0.2) is 15.0 Å². The second-order valence-corrected chi connectivity index (χ2v) is 6.32. The van der Waals surface area contributed by atoms with E-state index in [1.165, 1.54) is 6.07 Å². The van der Waals surface area contributed by atoms with Gasteiger partial charge in [0, 0.05) is 17.0 Å². The van der Waals surface area contributed by atoms with Crippen molar-refractivity contribution >= 4 is 22.8 Å². The molecular weight excluding hydrogens is 370 g/mol. The lowest BCUT2D eigenvalue weighted by Gasteiger charge is -2.10. The number of para-hydroxylation sites is 1. The summed E-state index contributed by atoms with van der Waals surface area (Å²) in [6, 6.07) is 14.4. The first-order chi connectivity index (χ1) is 14.1. The molecule has 0 radical (unpaired) electrons. The summed E-state index contributed by atoms with van der Waals surface area (Å²) in [5.41, 5.74) is 2.43. The molecule has 8 heteroatoms. The summed E-state index contributed by atoms with van der Waals surface area (Å²) < 4.78 is 10.6. The molecule has 0 saturated carbocycles. The van der Waals surface area contributed by atoms with E-state index in [-0.39, 0.29) is 11.5 Å². The van der Waals surface area contributed by atoms with Crippen LogP contribution in [-0.2, 0) is 0 Å². The molecule has 0 fully saturated rings. The number of rotatable bonds is 5. The number of fused-ring (bicyclic) bond motifs is 1. The van der Waals surface area contributed by atoms with Crippen molar-refractivity contribution in [3.8, 4) is 22.8 Å². The van der Waals surface area contributed by atoms with Crippen molar-refractivity contribution in [1.82, 2.24) is 19.9 Å². The molecule has 0 amide bonds. The molecule has 4 aromatic rings. The van der Waals surface area contributed by atoms with Crippen molar-refractivity contribution < 1.29 is 9.47 Å². The van der Waals surface area contributed by atoms with Gasteiger partial charge in [0.15, 0.2) is 0 Å². The molecule has 0 bridgehead atoms. The van der Waals surface area contributed by atoms with Gasteiger partial charge in [-0.15, -0.1) is 0 Å². The van der Waals surface area contributed by atoms with Crippen LogP contribution in [0.15, 0.2) is 53.3 Å². The van der Waals surface area contributed by atoms with Crippen LogP contribution in [0.25, 0.3) is 22.2 Å². The van der Waals surface area contributed by atoms with E-state index in [1.807, 2.05) is 49.4 Å². The maximum Gasteiger partial charge on any atom is 0.252 e. The van der Waals surface area contributed by atoms with E-state index >= 15 is 0 Å². The number of ether oxygens (including phenoxy) is 2. The Morgan fingerprint density at radius 3 is 2.59 bits per heavy atom. The van der Waals surface area contributed by atoms with Crippen LogP contribution in [0, 0.1) is 6.92 Å². The Kier molecular flexibility index (Phi) is 4.82. The molecular formula is C21H19N5O3. The predicted octanol–water partition coefficient (Wildman–Crippen LogP) is 3.45. The van der Waals surface area contributed by atoms with Gasteiger partial charge >= 0.3 is 0 Å². The fraction of sp³-hybridized carbons (Fsp3) is 0.143. The predicted molar refractivity (Wildman–Crippen MR) is 111 cm³/mol. The molecule has 0 aliphatic rings. The summed E-state index contributed by atoms with van der Waals surface area (Å²) in [4.78, 5) is 28.3. The lowest BCUT2D eigenvalue weighted by atomic mass is 10.1. The second kappa shape index (κ2) is 7.59. The topological polar surface area (TPSA) is 102 Å². The van der Waals surface area contributed by atoms with Gasteiger partial charge < -0.3 is 9.47 Å². The number of aryl methyl sites for hydroxylation is 1. The zero-order chi connectivity index (χ0) is 20.4. The maximum atomic E-state index is 12.2. The highest BCUT2D eigenvalue weighted by Crippen LogP contribution is 2.28. The van der Waals surface area contributed by atoms with E-state index in [4.69, 9.17) is 9.47 Å². The van der Waals surface area contributed by atoms with Gasteiger partial charge in [-0.3, -0.25) is 15.1 Å². The summed E-state index contributed by atoms with van der Waals surface area (Å²) >= 11 is 0. The van der Waals surface area contributed by atoms with Gasteiger partial charge in [0.25, 0.3) is 5.56 Å². The normalized spacial score (nSPS) is 10.7. The van der Waals surface area contributed by atoms with Crippen molar-refractivity contribution in [2.75, 3.05) is 19.5 Å². The number of anilines is 2. The van der Waals surface area contributed by atoms with Crippen LogP contribution in [0.2, 0.25) is 0 Å². The Labute approximate surface area is 166 Å². The first kappa shape index (κ1) is 18.4. The van der Waals surface area contributed by atoms with E-state index in [1.54, 1.807) is 14.2 Å². The number of nitrogens with zero attached hydrogens (tertiary/aromatic N) is 3. The molecule has 0 aliphatic carbocycles. The molecule has 2 aromatic carbocycles. The Bertz CT molecular complexity index is 1250. The molecule has 2 heterocycles. The maximum absolute atomic E-state index is 12.2. The minimum absolute atomic E-state index is 0.241. The molecule has 0 aliphatic heterocycles. The first-order valence-corrected chi connectivity index (χ1v) is 8.91. The van der Waals surface area contributed by atoms with Crippen molar-refractivity contribution in [3.63, 3.8) is 0 Å². The minimum Gasteiger partial charge on any atom is -0.497 e. The average Bonchev–Trinajstić information content (AvgIpc) is 2.73. The van der Waals surface area contributed by atoms with Crippen LogP contribution in [0.5, 0.6) is 11.5 Å². The second-order valence-electron chi connectivity index (χ2n) is 6.32. The molecule has 146 valence electrons. The highest BCUT2D eigenvalue weighted by molar-refractivity contribution is 5.83. The Hall–Kier alpha value is -3.94. The van der Waals surface area contributed by atoms with Crippen LogP contribution in [0.3, 0.4) is 0 Å². The average molecular weight is 389 g/mol. The van der Waals surface area contributed by atoms with Gasteiger partial charge in [0.2, 0.25) is 11.9 Å². The summed E-state index contributed by atoms with van der Waals surface area (Å²) in [7, 11) is 3.19. The third kappa shape index (κ3) is 3.73. The highest BCUT2D eigenvalue weighted by Gasteiger charge is 2.11. The Morgan fingerprint density at radius 2 is 1.79 bits per heavy atom. The Morgan fingerprint density at radius 1 is 0.966 bits per heavy atom. The van der Waals surface area contributed by atoms with Crippen molar-refractivity contribution in [2.24, 2.45) is 0 Å². The monoisotopic (exact) mass is 389 g/mol. The fourth-order valence-electron chi connectivity index (χ4n) is 3.06. The quantitative estimate of drug-likeness (QED) is 0.539. The molecule has 0 atom stereocenters. The molecule has 4 rings (SSSR count). The lowest BCUT2D eigenvalue weighted by Crippen LogP contribution is -2.12. The summed E-state index contributed by atoms with van der Waals surface area (Å²) in [6.45, 7) is 1.88. The van der Waals surface area contributed by atoms with Gasteiger partial charge in [-0.1, -0.05) is 12.1 Å². The van der Waals surface area contributed by atoms with Crippen molar-refractivity contribution in [2.45, 2.75) is 6.92 Å². The van der Waals surface area contributed by atoms with Crippen LogP contribution >= 0.6 is 0 Å². The molecule has 8 nitrogen and oxygen atoms in total. The number of aromatic nitrogens is 4. The van der Waals surface area contributed by atoms with Crippen LogP contribution in [-0.4, -0.2) is 34.2 Å². The number of hydrogen-bond acceptors (Lipinski definition) is 7. The van der Waals surface area contributed by atoms with Crippen LogP contribution < -0.4 is 20.3 Å². The zero-order valence-electron chi connectivity index (χ0n) is 16.2. The van der Waals surface area contributed by atoms with Crippen LogP contribution in [0.4, 0.5) is 11.9 Å². The number of nitrogens with one attached hydrogen (secondary N) is 2. The van der Waals surface area contributed by atoms with Crippen LogP contribution in [0.1, 0.15) is 5.69 Å². The van der Waals surface area contributed by atoms with Gasteiger partial charge in [0.05, 0.1) is 31.1 Å². The first-order valence-electron chi connectivity index (χ1n) is 8.91. The van der Waals surface area contributed by atoms with Crippen molar-refractivity contribution in [1.29, 1.82) is 0 Å². The van der Waals surface area contributed by atoms with E-state index in [9.17, 15) is 4.79 Å². The molecule has 0 spiro atoms. The number of benzene rings is 2. The van der Waals surface area contributed by atoms with E-state index in [0.29, 0.717) is 23.0 Å². The number of aromatic amines is 1. The zero-order valence-corrected chi connectivity index (χ0v) is 16.2. The van der Waals surface area contributed by atoms with E-state index < -0.39 is 0 Å². The minimum atomic E-state index is -0.300. The molecule has 0 unspecified atom stereocenters. The molecule has 29 heavy (non-hydrogen) atoms. The lowest BCUT2D eigenvalue weighted by molar-refractivity contribution is 0.415. The summed E-state index contributed by atoms with van der Waals surface area (Å²) in [5, 5.41) is 3.88. The Balaban J connectivity index is 1.73. The van der Waals surface area contributed by atoms with E-state index in [2.05, 4.69) is 25.3 Å². The van der Waals surface area contributed by atoms with Gasteiger partial charge in [0.1, 0.15) is 11.5 Å². The van der Waals surface area contributed by atoms with Gasteiger partial charge in [-0.2, -0.15) is 0 Å². The third-order valence-corrected chi connectivity index (χ3v) is 4.45.